The number of nitrogens with one attached hydrogen (secondary N) is 1. The van der Waals surface area contributed by atoms with Gasteiger partial charge >= 0.3 is 0 Å². The zero-order valence-corrected chi connectivity index (χ0v) is 11.9. The summed E-state index contributed by atoms with van der Waals surface area (Å²) >= 11 is 0. The Hall–Kier alpha value is -1.42. The van der Waals surface area contributed by atoms with Crippen LogP contribution in [0.3, 0.4) is 0 Å². The van der Waals surface area contributed by atoms with Crippen molar-refractivity contribution in [2.45, 2.75) is 50.5 Å². The molecule has 0 bridgehead atoms. The Balaban J connectivity index is 1.82. The molecule has 20 heavy (non-hydrogen) atoms. The summed E-state index contributed by atoms with van der Waals surface area (Å²) in [5.74, 6) is 1.83. The van der Waals surface area contributed by atoms with Gasteiger partial charge in [0, 0.05) is 24.7 Å². The van der Waals surface area contributed by atoms with Crippen LogP contribution in [0.15, 0.2) is 18.3 Å². The average molecular weight is 270 g/mol. The van der Waals surface area contributed by atoms with Gasteiger partial charge in [0.1, 0.15) is 11.3 Å². The van der Waals surface area contributed by atoms with Crippen molar-refractivity contribution in [3.05, 3.63) is 24.2 Å². The third-order valence-corrected chi connectivity index (χ3v) is 4.83. The Kier molecular flexibility index (Phi) is 3.19. The quantitative estimate of drug-likeness (QED) is 0.912. The van der Waals surface area contributed by atoms with Crippen LogP contribution >= 0.6 is 0 Å². The molecule has 2 fully saturated rings. The molecule has 0 radical (unpaired) electrons. The number of hydrogen-bond acceptors (Lipinski definition) is 3. The first-order valence-electron chi connectivity index (χ1n) is 7.97. The molecule has 0 amide bonds. The standard InChI is InChI=1S/C16H22N4/c1-2-7-13(6-1)20-15(12-5-3-9-17-11-12)19-14-8-4-10-18-16(14)20/h4,8,10,12-13,17H,1-3,5-7,9,11H2. The second-order valence-electron chi connectivity index (χ2n) is 6.17. The van der Waals surface area contributed by atoms with Gasteiger partial charge in [0.25, 0.3) is 0 Å². The van der Waals surface area contributed by atoms with Crippen LogP contribution in [-0.2, 0) is 0 Å². The number of rotatable bonds is 2. The van der Waals surface area contributed by atoms with Crippen LogP contribution < -0.4 is 5.32 Å². The van der Waals surface area contributed by atoms with Crippen LogP contribution in [0.5, 0.6) is 0 Å². The van der Waals surface area contributed by atoms with Gasteiger partial charge in [-0.15, -0.1) is 0 Å². The van der Waals surface area contributed by atoms with Gasteiger partial charge in [-0.2, -0.15) is 0 Å². The van der Waals surface area contributed by atoms with Gasteiger partial charge < -0.3 is 9.88 Å². The number of hydrogen-bond donors (Lipinski definition) is 1. The molecule has 3 heterocycles. The lowest BCUT2D eigenvalue weighted by Crippen LogP contribution is -2.30. The highest BCUT2D eigenvalue weighted by Crippen LogP contribution is 2.36. The van der Waals surface area contributed by atoms with Gasteiger partial charge in [-0.25, -0.2) is 9.97 Å². The lowest BCUT2D eigenvalue weighted by atomic mass is 9.98. The van der Waals surface area contributed by atoms with E-state index >= 15 is 0 Å². The molecule has 1 unspecified atom stereocenters. The first-order chi connectivity index (χ1) is 9.93. The fourth-order valence-electron chi connectivity index (χ4n) is 3.83. The molecule has 106 valence electrons. The van der Waals surface area contributed by atoms with Crippen molar-refractivity contribution in [2.24, 2.45) is 0 Å². The summed E-state index contributed by atoms with van der Waals surface area (Å²) in [5, 5.41) is 3.52. The molecular weight excluding hydrogens is 248 g/mol. The Morgan fingerprint density at radius 3 is 2.85 bits per heavy atom. The molecule has 2 aliphatic rings. The number of nitrogens with zero attached hydrogens (tertiary/aromatic N) is 3. The number of imidazole rings is 1. The highest BCUT2D eigenvalue weighted by molar-refractivity contribution is 5.71. The van der Waals surface area contributed by atoms with E-state index < -0.39 is 0 Å². The van der Waals surface area contributed by atoms with Gasteiger partial charge in [-0.3, -0.25) is 0 Å². The third-order valence-electron chi connectivity index (χ3n) is 4.83. The maximum atomic E-state index is 4.94. The summed E-state index contributed by atoms with van der Waals surface area (Å²) in [6.07, 6.45) is 9.68. The Bertz CT molecular complexity index is 592. The molecule has 2 aromatic heterocycles. The molecule has 4 rings (SSSR count). The second kappa shape index (κ2) is 5.17. The molecule has 1 atom stereocenters. The van der Waals surface area contributed by atoms with E-state index in [1.165, 1.54) is 44.3 Å². The normalized spacial score (nSPS) is 24.5. The third kappa shape index (κ3) is 2.03. The zero-order valence-electron chi connectivity index (χ0n) is 11.9. The van der Waals surface area contributed by atoms with Crippen molar-refractivity contribution in [1.82, 2.24) is 19.9 Å². The van der Waals surface area contributed by atoms with Crippen molar-refractivity contribution in [3.63, 3.8) is 0 Å². The molecular formula is C16H22N4. The van der Waals surface area contributed by atoms with Gasteiger partial charge in [0.05, 0.1) is 0 Å². The van der Waals surface area contributed by atoms with Crippen LogP contribution in [0.25, 0.3) is 11.2 Å². The second-order valence-corrected chi connectivity index (χ2v) is 6.17. The van der Waals surface area contributed by atoms with Crippen LogP contribution in [0.1, 0.15) is 56.3 Å². The van der Waals surface area contributed by atoms with Crippen molar-refractivity contribution >= 4 is 11.2 Å². The summed E-state index contributed by atoms with van der Waals surface area (Å²) in [6, 6.07) is 4.72. The largest absolute Gasteiger partial charge is 0.316 e. The summed E-state index contributed by atoms with van der Waals surface area (Å²) in [7, 11) is 0. The van der Waals surface area contributed by atoms with Crippen molar-refractivity contribution in [1.29, 1.82) is 0 Å². The predicted molar refractivity (Wildman–Crippen MR) is 79.9 cm³/mol. The van der Waals surface area contributed by atoms with Crippen LogP contribution in [0, 0.1) is 0 Å². The van der Waals surface area contributed by atoms with E-state index in [9.17, 15) is 0 Å². The summed E-state index contributed by atoms with van der Waals surface area (Å²) in [6.45, 7) is 2.22. The smallest absolute Gasteiger partial charge is 0.160 e. The van der Waals surface area contributed by atoms with Crippen LogP contribution in [0.2, 0.25) is 0 Å². The van der Waals surface area contributed by atoms with Crippen molar-refractivity contribution < 1.29 is 0 Å². The molecule has 1 N–H and O–H groups in total. The minimum absolute atomic E-state index is 0.554. The Labute approximate surface area is 119 Å². The number of aromatic nitrogens is 3. The fourth-order valence-corrected chi connectivity index (χ4v) is 3.83. The molecule has 2 aromatic rings. The van der Waals surface area contributed by atoms with Crippen molar-refractivity contribution in [2.75, 3.05) is 13.1 Å². The fraction of sp³-hybridized carbons (Fsp3) is 0.625. The van der Waals surface area contributed by atoms with Crippen LogP contribution in [0.4, 0.5) is 0 Å². The highest BCUT2D eigenvalue weighted by atomic mass is 15.2. The summed E-state index contributed by atoms with van der Waals surface area (Å²) in [4.78, 5) is 9.56. The molecule has 1 saturated carbocycles. The summed E-state index contributed by atoms with van der Waals surface area (Å²) < 4.78 is 2.47. The Morgan fingerprint density at radius 1 is 1.15 bits per heavy atom. The van der Waals surface area contributed by atoms with E-state index in [1.807, 2.05) is 12.3 Å². The predicted octanol–water partition coefficient (Wildman–Crippen LogP) is 3.01. The van der Waals surface area contributed by atoms with Crippen LogP contribution in [-0.4, -0.2) is 27.6 Å². The average Bonchev–Trinajstić information content (AvgIpc) is 3.14. The lowest BCUT2D eigenvalue weighted by Gasteiger charge is -2.25. The molecule has 1 saturated heterocycles. The SMILES string of the molecule is c1cnc2c(c1)nc(C1CCCNC1)n2C1CCCC1. The molecule has 1 aliphatic carbocycles. The number of pyridine rings is 1. The molecule has 0 spiro atoms. The van der Waals surface area contributed by atoms with Crippen molar-refractivity contribution in [3.8, 4) is 0 Å². The zero-order chi connectivity index (χ0) is 13.4. The van der Waals surface area contributed by atoms with Gasteiger partial charge in [-0.05, 0) is 44.4 Å². The van der Waals surface area contributed by atoms with E-state index in [4.69, 9.17) is 4.98 Å². The van der Waals surface area contributed by atoms with E-state index in [2.05, 4.69) is 20.9 Å². The van der Waals surface area contributed by atoms with E-state index in [0.29, 0.717) is 12.0 Å². The van der Waals surface area contributed by atoms with Gasteiger partial charge in [-0.1, -0.05) is 12.8 Å². The minimum atomic E-state index is 0.554. The summed E-state index contributed by atoms with van der Waals surface area (Å²) in [5.41, 5.74) is 2.17. The van der Waals surface area contributed by atoms with E-state index in [-0.39, 0.29) is 0 Å². The minimum Gasteiger partial charge on any atom is -0.316 e. The maximum absolute atomic E-state index is 4.94. The highest BCUT2D eigenvalue weighted by Gasteiger charge is 2.28. The first-order valence-corrected chi connectivity index (χ1v) is 7.97. The lowest BCUT2D eigenvalue weighted by molar-refractivity contribution is 0.413. The maximum Gasteiger partial charge on any atom is 0.160 e. The molecule has 0 aromatic carbocycles. The Morgan fingerprint density at radius 2 is 2.05 bits per heavy atom. The molecule has 4 heteroatoms. The first kappa shape index (κ1) is 12.3. The number of fused-ring (bicyclic) bond motifs is 1. The van der Waals surface area contributed by atoms with Gasteiger partial charge in [0.15, 0.2) is 5.65 Å². The van der Waals surface area contributed by atoms with E-state index in [0.717, 1.165) is 24.3 Å². The number of piperidine rings is 1. The van der Waals surface area contributed by atoms with Gasteiger partial charge in [0.2, 0.25) is 0 Å². The van der Waals surface area contributed by atoms with E-state index in [1.54, 1.807) is 0 Å². The monoisotopic (exact) mass is 270 g/mol. The molecule has 1 aliphatic heterocycles. The topological polar surface area (TPSA) is 42.7 Å². The molecule has 4 nitrogen and oxygen atoms in total.